The summed E-state index contributed by atoms with van der Waals surface area (Å²) in [5.74, 6) is 0. The van der Waals surface area contributed by atoms with Crippen LogP contribution in [0.25, 0.3) is 0 Å². The molecular formula is C15H23NO2. The molecule has 0 bridgehead atoms. The average Bonchev–Trinajstić information content (AvgIpc) is 2.77. The van der Waals surface area contributed by atoms with Crippen molar-refractivity contribution < 1.29 is 9.84 Å². The summed E-state index contributed by atoms with van der Waals surface area (Å²) in [6, 6.07) is 6.73. The van der Waals surface area contributed by atoms with Crippen molar-refractivity contribution in [2.45, 2.75) is 38.8 Å². The van der Waals surface area contributed by atoms with Crippen molar-refractivity contribution in [3.63, 3.8) is 0 Å². The molecule has 2 atom stereocenters. The van der Waals surface area contributed by atoms with Crippen molar-refractivity contribution in [3.05, 3.63) is 34.9 Å². The standard InChI is InChI=1S/C15H23NO2/c1-11-4-5-12(2)14(8-11)13(3)16-9-15(17)6-7-18-10-15/h4-5,8,13,16-17H,6-7,9-10H2,1-3H3. The van der Waals surface area contributed by atoms with Gasteiger partial charge in [-0.1, -0.05) is 23.8 Å². The van der Waals surface area contributed by atoms with Gasteiger partial charge in [0, 0.05) is 25.6 Å². The largest absolute Gasteiger partial charge is 0.386 e. The summed E-state index contributed by atoms with van der Waals surface area (Å²) in [6.07, 6.45) is 0.722. The summed E-state index contributed by atoms with van der Waals surface area (Å²) in [6.45, 7) is 8.06. The summed E-state index contributed by atoms with van der Waals surface area (Å²) in [7, 11) is 0. The minimum Gasteiger partial charge on any atom is -0.386 e. The van der Waals surface area contributed by atoms with E-state index in [0.717, 1.165) is 6.42 Å². The van der Waals surface area contributed by atoms with Crippen LogP contribution in [0.3, 0.4) is 0 Å². The van der Waals surface area contributed by atoms with Gasteiger partial charge in [-0.05, 0) is 31.9 Å². The third-order valence-electron chi connectivity index (χ3n) is 3.72. The molecule has 1 aromatic rings. The molecule has 2 N–H and O–H groups in total. The Hall–Kier alpha value is -0.900. The number of nitrogens with one attached hydrogen (secondary N) is 1. The van der Waals surface area contributed by atoms with Crippen LogP contribution in [0.5, 0.6) is 0 Å². The van der Waals surface area contributed by atoms with Gasteiger partial charge in [0.15, 0.2) is 0 Å². The number of benzene rings is 1. The molecule has 0 aliphatic carbocycles. The van der Waals surface area contributed by atoms with Crippen LogP contribution in [0.1, 0.15) is 36.1 Å². The second kappa shape index (κ2) is 5.39. The molecule has 100 valence electrons. The first-order chi connectivity index (χ1) is 8.50. The molecule has 18 heavy (non-hydrogen) atoms. The molecule has 3 heteroatoms. The van der Waals surface area contributed by atoms with Crippen molar-refractivity contribution in [1.29, 1.82) is 0 Å². The molecule has 2 rings (SSSR count). The molecule has 1 aliphatic rings. The molecule has 1 aliphatic heterocycles. The van der Waals surface area contributed by atoms with Crippen LogP contribution in [-0.2, 0) is 4.74 Å². The van der Waals surface area contributed by atoms with Gasteiger partial charge >= 0.3 is 0 Å². The van der Waals surface area contributed by atoms with Gasteiger partial charge in [0.05, 0.1) is 6.61 Å². The van der Waals surface area contributed by atoms with Gasteiger partial charge in [-0.3, -0.25) is 0 Å². The SMILES string of the molecule is Cc1ccc(C)c(C(C)NCC2(O)CCOC2)c1. The second-order valence-corrected chi connectivity index (χ2v) is 5.49. The molecule has 3 nitrogen and oxygen atoms in total. The summed E-state index contributed by atoms with van der Waals surface area (Å²) < 4.78 is 5.25. The zero-order valence-corrected chi connectivity index (χ0v) is 11.5. The van der Waals surface area contributed by atoms with Gasteiger partial charge in [-0.2, -0.15) is 0 Å². The van der Waals surface area contributed by atoms with Gasteiger partial charge < -0.3 is 15.2 Å². The van der Waals surface area contributed by atoms with E-state index < -0.39 is 5.60 Å². The third kappa shape index (κ3) is 3.10. The second-order valence-electron chi connectivity index (χ2n) is 5.49. The Morgan fingerprint density at radius 3 is 2.89 bits per heavy atom. The summed E-state index contributed by atoms with van der Waals surface area (Å²) in [5, 5.41) is 13.6. The first-order valence-corrected chi connectivity index (χ1v) is 6.61. The van der Waals surface area contributed by atoms with Gasteiger partial charge in [-0.25, -0.2) is 0 Å². The highest BCUT2D eigenvalue weighted by Crippen LogP contribution is 2.22. The van der Waals surface area contributed by atoms with E-state index in [1.54, 1.807) is 0 Å². The molecular weight excluding hydrogens is 226 g/mol. The molecule has 0 saturated carbocycles. The Morgan fingerprint density at radius 1 is 1.44 bits per heavy atom. The minimum absolute atomic E-state index is 0.245. The number of hydrogen-bond acceptors (Lipinski definition) is 3. The van der Waals surface area contributed by atoms with Crippen molar-refractivity contribution >= 4 is 0 Å². The van der Waals surface area contributed by atoms with Crippen molar-refractivity contribution in [1.82, 2.24) is 5.32 Å². The molecule has 0 amide bonds. The summed E-state index contributed by atoms with van der Waals surface area (Å²) >= 11 is 0. The van der Waals surface area contributed by atoms with Crippen LogP contribution < -0.4 is 5.32 Å². The van der Waals surface area contributed by atoms with Crippen LogP contribution in [0, 0.1) is 13.8 Å². The van der Waals surface area contributed by atoms with E-state index >= 15 is 0 Å². The molecule has 0 spiro atoms. The maximum Gasteiger partial charge on any atom is 0.103 e. The number of aliphatic hydroxyl groups is 1. The number of ether oxygens (including phenoxy) is 1. The lowest BCUT2D eigenvalue weighted by molar-refractivity contribution is 0.0252. The molecule has 1 aromatic carbocycles. The zero-order valence-electron chi connectivity index (χ0n) is 11.5. The quantitative estimate of drug-likeness (QED) is 0.858. The molecule has 1 saturated heterocycles. The van der Waals surface area contributed by atoms with Crippen molar-refractivity contribution in [2.24, 2.45) is 0 Å². The predicted molar refractivity (Wildman–Crippen MR) is 72.7 cm³/mol. The molecule has 2 unspecified atom stereocenters. The monoisotopic (exact) mass is 249 g/mol. The van der Waals surface area contributed by atoms with Gasteiger partial charge in [-0.15, -0.1) is 0 Å². The van der Waals surface area contributed by atoms with Crippen LogP contribution in [0.15, 0.2) is 18.2 Å². The Balaban J connectivity index is 1.99. The summed E-state index contributed by atoms with van der Waals surface area (Å²) in [4.78, 5) is 0. The van der Waals surface area contributed by atoms with E-state index in [9.17, 15) is 5.11 Å². The zero-order chi connectivity index (χ0) is 13.2. The lowest BCUT2D eigenvalue weighted by Gasteiger charge is -2.25. The Labute approximate surface area is 109 Å². The highest BCUT2D eigenvalue weighted by Gasteiger charge is 2.32. The predicted octanol–water partition coefficient (Wildman–Crippen LogP) is 2.11. The van der Waals surface area contributed by atoms with Gasteiger partial charge in [0.25, 0.3) is 0 Å². The van der Waals surface area contributed by atoms with Crippen LogP contribution >= 0.6 is 0 Å². The van der Waals surface area contributed by atoms with Crippen LogP contribution in [0.2, 0.25) is 0 Å². The average molecular weight is 249 g/mol. The Bertz CT molecular complexity index is 411. The molecule has 1 fully saturated rings. The molecule has 0 radical (unpaired) electrons. The van der Waals surface area contributed by atoms with E-state index in [-0.39, 0.29) is 6.04 Å². The lowest BCUT2D eigenvalue weighted by atomic mass is 9.98. The highest BCUT2D eigenvalue weighted by molar-refractivity contribution is 5.32. The first-order valence-electron chi connectivity index (χ1n) is 6.61. The van der Waals surface area contributed by atoms with E-state index in [1.165, 1.54) is 16.7 Å². The fourth-order valence-corrected chi connectivity index (χ4v) is 2.42. The van der Waals surface area contributed by atoms with Crippen molar-refractivity contribution in [2.75, 3.05) is 19.8 Å². The maximum atomic E-state index is 10.2. The van der Waals surface area contributed by atoms with Crippen LogP contribution in [-0.4, -0.2) is 30.5 Å². The first kappa shape index (κ1) is 13.5. The smallest absolute Gasteiger partial charge is 0.103 e. The van der Waals surface area contributed by atoms with E-state index in [0.29, 0.717) is 19.8 Å². The molecule has 0 aromatic heterocycles. The van der Waals surface area contributed by atoms with Crippen LogP contribution in [0.4, 0.5) is 0 Å². The van der Waals surface area contributed by atoms with Gasteiger partial charge in [0.1, 0.15) is 5.60 Å². The highest BCUT2D eigenvalue weighted by atomic mass is 16.5. The summed E-state index contributed by atoms with van der Waals surface area (Å²) in [5.41, 5.74) is 3.17. The molecule has 1 heterocycles. The van der Waals surface area contributed by atoms with Crippen molar-refractivity contribution in [3.8, 4) is 0 Å². The fourth-order valence-electron chi connectivity index (χ4n) is 2.42. The van der Waals surface area contributed by atoms with Gasteiger partial charge in [0.2, 0.25) is 0 Å². The Kier molecular flexibility index (Phi) is 4.05. The Morgan fingerprint density at radius 2 is 2.22 bits per heavy atom. The minimum atomic E-state index is -0.689. The normalized spacial score (nSPS) is 25.3. The lowest BCUT2D eigenvalue weighted by Crippen LogP contribution is -2.42. The van der Waals surface area contributed by atoms with E-state index in [4.69, 9.17) is 4.74 Å². The number of hydrogen-bond donors (Lipinski definition) is 2. The topological polar surface area (TPSA) is 41.5 Å². The number of aryl methyl sites for hydroxylation is 2. The number of rotatable bonds is 4. The van der Waals surface area contributed by atoms with E-state index in [2.05, 4.69) is 44.3 Å². The van der Waals surface area contributed by atoms with E-state index in [1.807, 2.05) is 0 Å². The fraction of sp³-hybridized carbons (Fsp3) is 0.600. The maximum absolute atomic E-state index is 10.2. The third-order valence-corrected chi connectivity index (χ3v) is 3.72.